The first-order chi connectivity index (χ1) is 9.19. The molecule has 1 aromatic heterocycles. The third kappa shape index (κ3) is 3.54. The molecular weight excluding hydrogens is 246 g/mol. The van der Waals surface area contributed by atoms with Gasteiger partial charge in [0.1, 0.15) is 11.6 Å². The van der Waals surface area contributed by atoms with Crippen LogP contribution in [0.3, 0.4) is 0 Å². The predicted octanol–water partition coefficient (Wildman–Crippen LogP) is 1.42. The van der Waals surface area contributed by atoms with Crippen molar-refractivity contribution in [2.24, 2.45) is 0 Å². The number of para-hydroxylation sites is 1. The monoisotopic (exact) mass is 261 g/mol. The molecule has 0 spiro atoms. The molecule has 0 saturated heterocycles. The van der Waals surface area contributed by atoms with Crippen LogP contribution in [0.4, 0.5) is 0 Å². The van der Waals surface area contributed by atoms with Crippen LogP contribution >= 0.6 is 0 Å². The highest BCUT2D eigenvalue weighted by molar-refractivity contribution is 5.66. The molecule has 6 heteroatoms. The summed E-state index contributed by atoms with van der Waals surface area (Å²) in [7, 11) is 1.62. The van der Waals surface area contributed by atoms with Gasteiger partial charge in [-0.25, -0.2) is 4.98 Å². The number of aromatic nitrogens is 3. The maximum Gasteiger partial charge on any atom is 0.303 e. The number of benzene rings is 1. The van der Waals surface area contributed by atoms with Crippen molar-refractivity contribution in [3.05, 3.63) is 41.5 Å². The lowest BCUT2D eigenvalue weighted by Gasteiger charge is -2.05. The molecule has 1 heterocycles. The van der Waals surface area contributed by atoms with Crippen molar-refractivity contribution in [1.29, 1.82) is 0 Å². The number of hydrogen-bond donors (Lipinski definition) is 2. The summed E-state index contributed by atoms with van der Waals surface area (Å²) in [5, 5.41) is 15.4. The molecule has 0 aliphatic rings. The Labute approximate surface area is 110 Å². The lowest BCUT2D eigenvalue weighted by molar-refractivity contribution is -0.137. The molecule has 2 N–H and O–H groups in total. The van der Waals surface area contributed by atoms with Gasteiger partial charge in [0.25, 0.3) is 0 Å². The van der Waals surface area contributed by atoms with Gasteiger partial charge in [-0.05, 0) is 6.07 Å². The van der Waals surface area contributed by atoms with E-state index in [0.717, 1.165) is 11.3 Å². The molecule has 0 saturated carbocycles. The molecule has 0 amide bonds. The Kier molecular flexibility index (Phi) is 4.12. The molecule has 0 bridgehead atoms. The first-order valence-electron chi connectivity index (χ1n) is 5.93. The number of rotatable bonds is 6. The third-order valence-electron chi connectivity index (χ3n) is 2.69. The summed E-state index contributed by atoms with van der Waals surface area (Å²) in [6, 6.07) is 7.68. The van der Waals surface area contributed by atoms with Crippen LogP contribution in [0, 0.1) is 0 Å². The van der Waals surface area contributed by atoms with Gasteiger partial charge >= 0.3 is 5.97 Å². The number of carboxylic acids is 1. The van der Waals surface area contributed by atoms with Crippen molar-refractivity contribution in [2.45, 2.75) is 19.3 Å². The van der Waals surface area contributed by atoms with E-state index in [-0.39, 0.29) is 6.42 Å². The fourth-order valence-electron chi connectivity index (χ4n) is 1.77. The molecule has 2 rings (SSSR count). The fraction of sp³-hybridized carbons (Fsp3) is 0.308. The highest BCUT2D eigenvalue weighted by Gasteiger charge is 2.08. The summed E-state index contributed by atoms with van der Waals surface area (Å²) in [6.45, 7) is 0. The maximum atomic E-state index is 10.5. The van der Waals surface area contributed by atoms with E-state index in [1.807, 2.05) is 24.3 Å². The average Bonchev–Trinajstić information content (AvgIpc) is 2.85. The van der Waals surface area contributed by atoms with Crippen LogP contribution in [-0.4, -0.2) is 33.4 Å². The minimum absolute atomic E-state index is 0.0337. The first-order valence-corrected chi connectivity index (χ1v) is 5.93. The van der Waals surface area contributed by atoms with Crippen molar-refractivity contribution in [2.75, 3.05) is 7.11 Å². The number of hydrogen-bond acceptors (Lipinski definition) is 4. The molecule has 0 radical (unpaired) electrons. The van der Waals surface area contributed by atoms with Crippen molar-refractivity contribution in [3.63, 3.8) is 0 Å². The van der Waals surface area contributed by atoms with Crippen LogP contribution < -0.4 is 4.74 Å². The SMILES string of the molecule is COc1ccccc1Cc1nc(CCC(=O)O)n[nH]1. The Morgan fingerprint density at radius 1 is 1.42 bits per heavy atom. The van der Waals surface area contributed by atoms with Crippen LogP contribution in [0.5, 0.6) is 5.75 Å². The van der Waals surface area contributed by atoms with Crippen LogP contribution in [-0.2, 0) is 17.6 Å². The largest absolute Gasteiger partial charge is 0.496 e. The first kappa shape index (κ1) is 13.1. The second-order valence-corrected chi connectivity index (χ2v) is 4.08. The summed E-state index contributed by atoms with van der Waals surface area (Å²) in [5.41, 5.74) is 1.01. The lowest BCUT2D eigenvalue weighted by Crippen LogP contribution is -1.99. The van der Waals surface area contributed by atoms with Gasteiger partial charge in [-0.3, -0.25) is 9.89 Å². The molecule has 1 aromatic carbocycles. The smallest absolute Gasteiger partial charge is 0.303 e. The Balaban J connectivity index is 2.05. The highest BCUT2D eigenvalue weighted by atomic mass is 16.5. The summed E-state index contributed by atoms with van der Waals surface area (Å²) in [5.74, 6) is 1.17. The summed E-state index contributed by atoms with van der Waals surface area (Å²) < 4.78 is 5.26. The number of methoxy groups -OCH3 is 1. The van der Waals surface area contributed by atoms with Crippen LogP contribution in [0.15, 0.2) is 24.3 Å². The number of ether oxygens (including phenoxy) is 1. The van der Waals surface area contributed by atoms with Crippen LogP contribution in [0.25, 0.3) is 0 Å². The summed E-state index contributed by atoms with van der Waals surface area (Å²) in [4.78, 5) is 14.7. The number of nitrogens with one attached hydrogen (secondary N) is 1. The van der Waals surface area contributed by atoms with Crippen molar-refractivity contribution >= 4 is 5.97 Å². The Morgan fingerprint density at radius 2 is 2.21 bits per heavy atom. The Hall–Kier alpha value is -2.37. The van der Waals surface area contributed by atoms with E-state index in [1.54, 1.807) is 7.11 Å². The van der Waals surface area contributed by atoms with Crippen LogP contribution in [0.1, 0.15) is 23.6 Å². The van der Waals surface area contributed by atoms with E-state index in [1.165, 1.54) is 0 Å². The molecule has 2 aromatic rings. The van der Waals surface area contributed by atoms with E-state index in [4.69, 9.17) is 9.84 Å². The lowest BCUT2D eigenvalue weighted by atomic mass is 10.1. The number of aliphatic carboxylic acids is 1. The van der Waals surface area contributed by atoms with E-state index in [2.05, 4.69) is 15.2 Å². The van der Waals surface area contributed by atoms with Crippen molar-refractivity contribution < 1.29 is 14.6 Å². The van der Waals surface area contributed by atoms with Gasteiger partial charge < -0.3 is 9.84 Å². The Morgan fingerprint density at radius 3 is 2.95 bits per heavy atom. The van der Waals surface area contributed by atoms with E-state index < -0.39 is 5.97 Å². The third-order valence-corrected chi connectivity index (χ3v) is 2.69. The summed E-state index contributed by atoms with van der Waals surface area (Å²) >= 11 is 0. The molecule has 19 heavy (non-hydrogen) atoms. The minimum Gasteiger partial charge on any atom is -0.496 e. The highest BCUT2D eigenvalue weighted by Crippen LogP contribution is 2.19. The predicted molar refractivity (Wildman–Crippen MR) is 68.1 cm³/mol. The molecule has 0 fully saturated rings. The molecule has 0 aliphatic carbocycles. The fourth-order valence-corrected chi connectivity index (χ4v) is 1.77. The molecule has 6 nitrogen and oxygen atoms in total. The van der Waals surface area contributed by atoms with Crippen molar-refractivity contribution in [1.82, 2.24) is 15.2 Å². The van der Waals surface area contributed by atoms with Crippen molar-refractivity contribution in [3.8, 4) is 5.75 Å². The molecule has 0 atom stereocenters. The zero-order valence-corrected chi connectivity index (χ0v) is 10.6. The standard InChI is InChI=1S/C13H15N3O3/c1-19-10-5-3-2-4-9(10)8-12-14-11(15-16-12)6-7-13(17)18/h2-5H,6-8H2,1H3,(H,17,18)(H,14,15,16). The molecule has 100 valence electrons. The number of aromatic amines is 1. The maximum absolute atomic E-state index is 10.5. The zero-order valence-electron chi connectivity index (χ0n) is 10.6. The van der Waals surface area contributed by atoms with Gasteiger partial charge in [0, 0.05) is 18.4 Å². The quantitative estimate of drug-likeness (QED) is 0.821. The summed E-state index contributed by atoms with van der Waals surface area (Å²) in [6.07, 6.45) is 0.938. The average molecular weight is 261 g/mol. The Bertz CT molecular complexity index is 566. The number of carbonyl (C=O) groups is 1. The van der Waals surface area contributed by atoms with Gasteiger partial charge in [-0.15, -0.1) is 0 Å². The number of nitrogens with zero attached hydrogens (tertiary/aromatic N) is 2. The topological polar surface area (TPSA) is 88.1 Å². The molecule has 0 aliphatic heterocycles. The second-order valence-electron chi connectivity index (χ2n) is 4.08. The van der Waals surface area contributed by atoms with Gasteiger partial charge in [0.05, 0.1) is 13.5 Å². The number of carboxylic acid groups (broad SMARTS) is 1. The van der Waals surface area contributed by atoms with Gasteiger partial charge in [0.2, 0.25) is 0 Å². The van der Waals surface area contributed by atoms with Gasteiger partial charge in [0.15, 0.2) is 5.82 Å². The van der Waals surface area contributed by atoms with Gasteiger partial charge in [-0.1, -0.05) is 18.2 Å². The van der Waals surface area contributed by atoms with Gasteiger partial charge in [-0.2, -0.15) is 5.10 Å². The normalized spacial score (nSPS) is 10.4. The number of aryl methyl sites for hydroxylation is 1. The van der Waals surface area contributed by atoms with E-state index in [9.17, 15) is 4.79 Å². The second kappa shape index (κ2) is 5.99. The zero-order chi connectivity index (χ0) is 13.7. The molecular formula is C13H15N3O3. The molecule has 0 unspecified atom stereocenters. The van der Waals surface area contributed by atoms with E-state index in [0.29, 0.717) is 24.5 Å². The van der Waals surface area contributed by atoms with Crippen LogP contribution in [0.2, 0.25) is 0 Å². The minimum atomic E-state index is -0.851. The number of H-pyrrole nitrogens is 1. The van der Waals surface area contributed by atoms with E-state index >= 15 is 0 Å².